The lowest BCUT2D eigenvalue weighted by Crippen LogP contribution is -2.34. The summed E-state index contributed by atoms with van der Waals surface area (Å²) in [6.45, 7) is 2.36. The van der Waals surface area contributed by atoms with Crippen LogP contribution >= 0.6 is 0 Å². The summed E-state index contributed by atoms with van der Waals surface area (Å²) in [6.07, 6.45) is 0.772. The van der Waals surface area contributed by atoms with Crippen LogP contribution in [0.15, 0.2) is 5.22 Å². The van der Waals surface area contributed by atoms with Crippen molar-refractivity contribution in [3.63, 3.8) is 0 Å². The van der Waals surface area contributed by atoms with E-state index in [0.29, 0.717) is 16.9 Å². The summed E-state index contributed by atoms with van der Waals surface area (Å²) >= 11 is 0. The minimum absolute atomic E-state index is 0.323. The van der Waals surface area contributed by atoms with Crippen LogP contribution in [0.5, 0.6) is 0 Å². The maximum atomic E-state index is 10.9. The first-order chi connectivity index (χ1) is 5.26. The van der Waals surface area contributed by atoms with Gasteiger partial charge in [-0.25, -0.2) is 4.79 Å². The first-order valence-corrected chi connectivity index (χ1v) is 4.30. The first-order valence-electron chi connectivity index (χ1n) is 3.30. The summed E-state index contributed by atoms with van der Waals surface area (Å²) in [6, 6.07) is -0.323. The van der Waals surface area contributed by atoms with Crippen LogP contribution in [-0.4, -0.2) is 28.0 Å². The van der Waals surface area contributed by atoms with Gasteiger partial charge in [-0.1, -0.05) is 6.92 Å². The molecule has 0 aliphatic carbocycles. The average molecular weight is 173 g/mol. The number of urea groups is 1. The van der Waals surface area contributed by atoms with Gasteiger partial charge in [0.15, 0.2) is 0 Å². The molecule has 0 aromatic heterocycles. The fourth-order valence-corrected chi connectivity index (χ4v) is 0.834. The molecule has 0 saturated heterocycles. The van der Waals surface area contributed by atoms with E-state index in [2.05, 4.69) is 15.1 Å². The number of rotatable bonds is 3. The molecule has 0 spiro atoms. The van der Waals surface area contributed by atoms with E-state index in [1.807, 2.05) is 6.92 Å². The Labute approximate surface area is 67.7 Å². The fraction of sp³-hybridized carbons (Fsp3) is 0.750. The highest BCUT2D eigenvalue weighted by atomic mass is 28.2. The topological polar surface area (TPSA) is 81.1 Å². The molecule has 0 saturated carbocycles. The van der Waals surface area contributed by atoms with E-state index in [1.165, 1.54) is 0 Å². The number of carbonyl (C=O) groups excluding carboxylic acids is 1. The van der Waals surface area contributed by atoms with Crippen LogP contribution in [0, 0.1) is 0 Å². The molecule has 0 aromatic carbocycles. The molecule has 0 fully saturated rings. The Morgan fingerprint density at radius 1 is 1.91 bits per heavy atom. The summed E-state index contributed by atoms with van der Waals surface area (Å²) in [5, 5.41) is 4.29. The van der Waals surface area contributed by atoms with Gasteiger partial charge in [-0.05, 0) is 11.6 Å². The Balaban J connectivity index is 4.08. The van der Waals surface area contributed by atoms with Crippen LogP contribution in [0.4, 0.5) is 4.79 Å². The first kappa shape index (κ1) is 9.80. The lowest BCUT2D eigenvalue weighted by atomic mass is 10.5. The van der Waals surface area contributed by atoms with Crippen molar-refractivity contribution in [3.8, 4) is 0 Å². The molecule has 1 N–H and O–H groups in total. The van der Waals surface area contributed by atoms with Crippen molar-refractivity contribution < 1.29 is 4.79 Å². The molecule has 0 unspecified atom stereocenters. The van der Waals surface area contributed by atoms with Crippen LogP contribution in [0.25, 0.3) is 10.4 Å². The second kappa shape index (κ2) is 5.57. The van der Waals surface area contributed by atoms with Gasteiger partial charge in [-0.3, -0.25) is 0 Å². The zero-order chi connectivity index (χ0) is 8.69. The Bertz CT molecular complexity index is 177. The molecule has 2 amide bonds. The van der Waals surface area contributed by atoms with E-state index in [0.717, 1.165) is 11.4 Å². The second-order valence-corrected chi connectivity index (χ2v) is 2.36. The molecule has 0 rings (SSSR count). The van der Waals surface area contributed by atoms with Gasteiger partial charge in [0.1, 0.15) is 10.4 Å². The summed E-state index contributed by atoms with van der Waals surface area (Å²) in [7, 11) is 0.560. The van der Waals surface area contributed by atoms with E-state index in [-0.39, 0.29) is 6.03 Å². The SMILES string of the molecule is CCCN(N=[N+]=[N-])C(=O)N[SiH3]. The largest absolute Gasteiger partial charge is 0.403 e. The lowest BCUT2D eigenvalue weighted by molar-refractivity contribution is 0.205. The second-order valence-electron chi connectivity index (χ2n) is 1.86. The average Bonchev–Trinajstić information content (AvgIpc) is 2.03. The number of nitrogens with zero attached hydrogens (tertiary/aromatic N) is 4. The highest BCUT2D eigenvalue weighted by molar-refractivity contribution is 6.13. The monoisotopic (exact) mass is 173 g/mol. The standard InChI is InChI=1S/C4H11N5OSi/c1-2-3-9(8-7-5)4(10)6-11/h2-3H2,1,11H3,(H,6,10). The third-order valence-electron chi connectivity index (χ3n) is 1.03. The Morgan fingerprint density at radius 3 is 2.91 bits per heavy atom. The van der Waals surface area contributed by atoms with E-state index < -0.39 is 0 Å². The molecule has 0 aliphatic heterocycles. The maximum Gasteiger partial charge on any atom is 0.403 e. The molecule has 62 valence electrons. The van der Waals surface area contributed by atoms with E-state index in [1.54, 1.807) is 0 Å². The lowest BCUT2D eigenvalue weighted by Gasteiger charge is -2.08. The van der Waals surface area contributed by atoms with E-state index in [4.69, 9.17) is 5.53 Å². The van der Waals surface area contributed by atoms with Crippen LogP contribution in [0.2, 0.25) is 0 Å². The van der Waals surface area contributed by atoms with Crippen molar-refractivity contribution in [2.24, 2.45) is 5.22 Å². The minimum atomic E-state index is -0.323. The number of nitrogens with one attached hydrogen (secondary N) is 1. The van der Waals surface area contributed by atoms with Crippen molar-refractivity contribution >= 4 is 16.4 Å². The van der Waals surface area contributed by atoms with Crippen molar-refractivity contribution in [2.45, 2.75) is 13.3 Å². The van der Waals surface area contributed by atoms with Gasteiger partial charge in [0.25, 0.3) is 0 Å². The highest BCUT2D eigenvalue weighted by Gasteiger charge is 2.11. The Hall–Kier alpha value is -1.20. The normalized spacial score (nSPS) is 8.45. The smallest absolute Gasteiger partial charge is 0.353 e. The number of amides is 2. The van der Waals surface area contributed by atoms with Gasteiger partial charge >= 0.3 is 6.03 Å². The summed E-state index contributed by atoms with van der Waals surface area (Å²) in [5.41, 5.74) is 8.06. The van der Waals surface area contributed by atoms with Crippen LogP contribution in [-0.2, 0) is 0 Å². The number of azide groups is 1. The molecule has 0 aliphatic rings. The quantitative estimate of drug-likeness (QED) is 0.209. The molecule has 0 heterocycles. The van der Waals surface area contributed by atoms with Crippen molar-refractivity contribution in [3.05, 3.63) is 10.4 Å². The predicted octanol–water partition coefficient (Wildman–Crippen LogP) is -0.0863. The summed E-state index contributed by atoms with van der Waals surface area (Å²) in [4.78, 5) is 15.9. The minimum Gasteiger partial charge on any atom is -0.353 e. The van der Waals surface area contributed by atoms with Gasteiger partial charge in [-0.15, -0.1) is 5.53 Å². The number of carbonyl (C=O) groups is 1. The number of hydrogen-bond donors (Lipinski definition) is 1. The van der Waals surface area contributed by atoms with E-state index >= 15 is 0 Å². The summed E-state index contributed by atoms with van der Waals surface area (Å²) in [5.74, 6) is 0. The van der Waals surface area contributed by atoms with Crippen molar-refractivity contribution in [2.75, 3.05) is 6.54 Å². The molecule has 0 bridgehead atoms. The molecule has 0 aromatic rings. The van der Waals surface area contributed by atoms with Gasteiger partial charge in [-0.2, -0.15) is 9.92 Å². The molecule has 11 heavy (non-hydrogen) atoms. The van der Waals surface area contributed by atoms with Gasteiger partial charge in [0, 0.05) is 0 Å². The van der Waals surface area contributed by atoms with Crippen LogP contribution < -0.4 is 4.98 Å². The van der Waals surface area contributed by atoms with Crippen molar-refractivity contribution in [1.82, 2.24) is 9.99 Å². The van der Waals surface area contributed by atoms with Crippen molar-refractivity contribution in [1.29, 1.82) is 0 Å². The Kier molecular flexibility index (Phi) is 4.96. The van der Waals surface area contributed by atoms with Crippen LogP contribution in [0.1, 0.15) is 13.3 Å². The third kappa shape index (κ3) is 3.49. The number of hydrogen-bond acceptors (Lipinski definition) is 2. The molecular weight excluding hydrogens is 162 g/mol. The summed E-state index contributed by atoms with van der Waals surface area (Å²) < 4.78 is 0. The van der Waals surface area contributed by atoms with Gasteiger partial charge in [0.05, 0.1) is 6.54 Å². The maximum absolute atomic E-state index is 10.9. The molecule has 0 radical (unpaired) electrons. The molecular formula is C4H11N5OSi. The van der Waals surface area contributed by atoms with Crippen LogP contribution in [0.3, 0.4) is 0 Å². The fourth-order valence-electron chi connectivity index (χ4n) is 0.576. The zero-order valence-electron chi connectivity index (χ0n) is 6.61. The van der Waals surface area contributed by atoms with Gasteiger partial charge < -0.3 is 4.98 Å². The third-order valence-corrected chi connectivity index (χ3v) is 1.46. The Morgan fingerprint density at radius 2 is 2.55 bits per heavy atom. The highest BCUT2D eigenvalue weighted by Crippen LogP contribution is 1.92. The molecule has 7 heteroatoms. The predicted molar refractivity (Wildman–Crippen MR) is 44.6 cm³/mol. The zero-order valence-corrected chi connectivity index (χ0v) is 8.61. The molecule has 6 nitrogen and oxygen atoms in total. The molecule has 0 atom stereocenters. The van der Waals surface area contributed by atoms with E-state index in [9.17, 15) is 4.79 Å². The van der Waals surface area contributed by atoms with Gasteiger partial charge in [0.2, 0.25) is 0 Å².